The van der Waals surface area contributed by atoms with Gasteiger partial charge in [-0.2, -0.15) is 0 Å². The Morgan fingerprint density at radius 2 is 2.50 bits per heavy atom. The fourth-order valence-electron chi connectivity index (χ4n) is 2.32. The predicted octanol–water partition coefficient (Wildman–Crippen LogP) is 2.29. The zero-order valence-corrected chi connectivity index (χ0v) is 10.0. The lowest BCUT2D eigenvalue weighted by atomic mass is 9.99. The molecule has 3 heteroatoms. The van der Waals surface area contributed by atoms with E-state index in [4.69, 9.17) is 4.42 Å². The summed E-state index contributed by atoms with van der Waals surface area (Å²) in [5.41, 5.74) is 1.23. The SMILES string of the molecule is CC(CC1CCCCN1)NCc1ccoc1. The molecule has 3 nitrogen and oxygen atoms in total. The number of hydrogen-bond donors (Lipinski definition) is 2. The van der Waals surface area contributed by atoms with Crippen LogP contribution in [-0.4, -0.2) is 18.6 Å². The molecule has 2 atom stereocenters. The van der Waals surface area contributed by atoms with Crippen LogP contribution in [0.2, 0.25) is 0 Å². The van der Waals surface area contributed by atoms with Crippen LogP contribution in [0.3, 0.4) is 0 Å². The van der Waals surface area contributed by atoms with Crippen molar-refractivity contribution in [1.29, 1.82) is 0 Å². The average Bonchev–Trinajstić information content (AvgIpc) is 2.81. The summed E-state index contributed by atoms with van der Waals surface area (Å²) in [5, 5.41) is 7.12. The Bertz CT molecular complexity index is 278. The molecule has 2 rings (SSSR count). The van der Waals surface area contributed by atoms with E-state index < -0.39 is 0 Å². The molecule has 2 unspecified atom stereocenters. The first kappa shape index (κ1) is 11.7. The average molecular weight is 222 g/mol. The molecule has 0 amide bonds. The first-order valence-electron chi connectivity index (χ1n) is 6.32. The number of furan rings is 1. The van der Waals surface area contributed by atoms with Gasteiger partial charge in [0.15, 0.2) is 0 Å². The van der Waals surface area contributed by atoms with Gasteiger partial charge in [-0.15, -0.1) is 0 Å². The maximum absolute atomic E-state index is 5.04. The molecule has 90 valence electrons. The summed E-state index contributed by atoms with van der Waals surface area (Å²) in [6.45, 7) is 4.36. The molecule has 0 bridgehead atoms. The molecule has 1 aliphatic rings. The smallest absolute Gasteiger partial charge is 0.0947 e. The summed E-state index contributed by atoms with van der Waals surface area (Å²) < 4.78 is 5.04. The van der Waals surface area contributed by atoms with Crippen molar-refractivity contribution in [3.8, 4) is 0 Å². The summed E-state index contributed by atoms with van der Waals surface area (Å²) in [5.74, 6) is 0. The van der Waals surface area contributed by atoms with Gasteiger partial charge in [0, 0.05) is 24.2 Å². The van der Waals surface area contributed by atoms with Gasteiger partial charge in [0.1, 0.15) is 0 Å². The van der Waals surface area contributed by atoms with Gasteiger partial charge < -0.3 is 15.1 Å². The number of piperidine rings is 1. The third kappa shape index (κ3) is 3.65. The summed E-state index contributed by atoms with van der Waals surface area (Å²) in [6, 6.07) is 3.28. The van der Waals surface area contributed by atoms with Crippen LogP contribution in [0.25, 0.3) is 0 Å². The third-order valence-electron chi connectivity index (χ3n) is 3.29. The van der Waals surface area contributed by atoms with Crippen molar-refractivity contribution in [2.75, 3.05) is 6.54 Å². The maximum Gasteiger partial charge on any atom is 0.0947 e. The van der Waals surface area contributed by atoms with E-state index in [2.05, 4.69) is 17.6 Å². The van der Waals surface area contributed by atoms with Gasteiger partial charge in [0.25, 0.3) is 0 Å². The van der Waals surface area contributed by atoms with Gasteiger partial charge in [0.05, 0.1) is 12.5 Å². The van der Waals surface area contributed by atoms with Crippen LogP contribution in [0.4, 0.5) is 0 Å². The summed E-state index contributed by atoms with van der Waals surface area (Å²) in [6.07, 6.45) is 8.80. The molecular formula is C13H22N2O. The van der Waals surface area contributed by atoms with Crippen LogP contribution in [-0.2, 0) is 6.54 Å². The van der Waals surface area contributed by atoms with Crippen LogP contribution < -0.4 is 10.6 Å². The summed E-state index contributed by atoms with van der Waals surface area (Å²) in [4.78, 5) is 0. The summed E-state index contributed by atoms with van der Waals surface area (Å²) >= 11 is 0. The van der Waals surface area contributed by atoms with E-state index in [9.17, 15) is 0 Å². The molecule has 1 fully saturated rings. The minimum absolute atomic E-state index is 0.561. The van der Waals surface area contributed by atoms with Crippen molar-refractivity contribution in [1.82, 2.24) is 10.6 Å². The first-order chi connectivity index (χ1) is 7.84. The molecule has 16 heavy (non-hydrogen) atoms. The van der Waals surface area contributed by atoms with E-state index in [0.717, 1.165) is 6.54 Å². The number of rotatable bonds is 5. The molecule has 1 saturated heterocycles. The monoisotopic (exact) mass is 222 g/mol. The highest BCUT2D eigenvalue weighted by molar-refractivity contribution is 5.04. The number of hydrogen-bond acceptors (Lipinski definition) is 3. The molecule has 0 aromatic carbocycles. The first-order valence-corrected chi connectivity index (χ1v) is 6.32. The van der Waals surface area contributed by atoms with Crippen molar-refractivity contribution in [2.45, 2.75) is 51.2 Å². The Balaban J connectivity index is 1.65. The molecular weight excluding hydrogens is 200 g/mol. The molecule has 0 aliphatic carbocycles. The molecule has 0 saturated carbocycles. The second-order valence-electron chi connectivity index (χ2n) is 4.80. The van der Waals surface area contributed by atoms with Crippen molar-refractivity contribution in [3.63, 3.8) is 0 Å². The van der Waals surface area contributed by atoms with E-state index in [1.165, 1.54) is 37.8 Å². The van der Waals surface area contributed by atoms with E-state index >= 15 is 0 Å². The lowest BCUT2D eigenvalue weighted by molar-refractivity contribution is 0.344. The Labute approximate surface area is 97.6 Å². The Kier molecular flexibility index (Phi) is 4.43. The minimum atomic E-state index is 0.561. The Hall–Kier alpha value is -0.800. The molecule has 0 spiro atoms. The van der Waals surface area contributed by atoms with Crippen molar-refractivity contribution >= 4 is 0 Å². The lowest BCUT2D eigenvalue weighted by Gasteiger charge is -2.26. The topological polar surface area (TPSA) is 37.2 Å². The quantitative estimate of drug-likeness (QED) is 0.802. The second kappa shape index (κ2) is 6.06. The van der Waals surface area contributed by atoms with E-state index in [-0.39, 0.29) is 0 Å². The molecule has 1 aliphatic heterocycles. The van der Waals surface area contributed by atoms with Gasteiger partial charge in [0.2, 0.25) is 0 Å². The standard InChI is InChI=1S/C13H22N2O/c1-11(8-13-4-2-3-6-14-13)15-9-12-5-7-16-10-12/h5,7,10-11,13-15H,2-4,6,8-9H2,1H3. The molecule has 1 aromatic heterocycles. The van der Waals surface area contributed by atoms with Crippen LogP contribution in [0.5, 0.6) is 0 Å². The van der Waals surface area contributed by atoms with Crippen molar-refractivity contribution < 1.29 is 4.42 Å². The normalized spacial score (nSPS) is 23.2. The van der Waals surface area contributed by atoms with Gasteiger partial charge in [-0.3, -0.25) is 0 Å². The van der Waals surface area contributed by atoms with Crippen LogP contribution in [0, 0.1) is 0 Å². The second-order valence-corrected chi connectivity index (χ2v) is 4.80. The zero-order valence-electron chi connectivity index (χ0n) is 10.0. The largest absolute Gasteiger partial charge is 0.472 e. The van der Waals surface area contributed by atoms with Gasteiger partial charge >= 0.3 is 0 Å². The number of nitrogens with one attached hydrogen (secondary N) is 2. The van der Waals surface area contributed by atoms with Crippen molar-refractivity contribution in [3.05, 3.63) is 24.2 Å². The fourth-order valence-corrected chi connectivity index (χ4v) is 2.32. The highest BCUT2D eigenvalue weighted by Crippen LogP contribution is 2.12. The Morgan fingerprint density at radius 1 is 1.56 bits per heavy atom. The van der Waals surface area contributed by atoms with Crippen LogP contribution in [0.15, 0.2) is 23.0 Å². The molecule has 1 aromatic rings. The predicted molar refractivity (Wildman–Crippen MR) is 65.3 cm³/mol. The minimum Gasteiger partial charge on any atom is -0.472 e. The third-order valence-corrected chi connectivity index (χ3v) is 3.29. The van der Waals surface area contributed by atoms with Crippen LogP contribution in [0.1, 0.15) is 38.2 Å². The molecule has 0 radical (unpaired) electrons. The lowest BCUT2D eigenvalue weighted by Crippen LogP contribution is -2.39. The zero-order chi connectivity index (χ0) is 11.2. The molecule has 2 N–H and O–H groups in total. The van der Waals surface area contributed by atoms with E-state index in [1.807, 2.05) is 6.07 Å². The Morgan fingerprint density at radius 3 is 3.19 bits per heavy atom. The van der Waals surface area contributed by atoms with Gasteiger partial charge in [-0.05, 0) is 38.8 Å². The van der Waals surface area contributed by atoms with Gasteiger partial charge in [-0.25, -0.2) is 0 Å². The van der Waals surface area contributed by atoms with E-state index in [0.29, 0.717) is 12.1 Å². The fraction of sp³-hybridized carbons (Fsp3) is 0.692. The van der Waals surface area contributed by atoms with Crippen LogP contribution >= 0.6 is 0 Å². The van der Waals surface area contributed by atoms with Gasteiger partial charge in [-0.1, -0.05) is 6.42 Å². The summed E-state index contributed by atoms with van der Waals surface area (Å²) in [7, 11) is 0. The van der Waals surface area contributed by atoms with Crippen molar-refractivity contribution in [2.24, 2.45) is 0 Å². The van der Waals surface area contributed by atoms with E-state index in [1.54, 1.807) is 12.5 Å². The highest BCUT2D eigenvalue weighted by Gasteiger charge is 2.15. The maximum atomic E-state index is 5.04. The molecule has 2 heterocycles. The highest BCUT2D eigenvalue weighted by atomic mass is 16.3.